The Morgan fingerprint density at radius 3 is 2.63 bits per heavy atom. The predicted molar refractivity (Wildman–Crippen MR) is 105 cm³/mol. The van der Waals surface area contributed by atoms with Gasteiger partial charge >= 0.3 is 0 Å². The average Bonchev–Trinajstić information content (AvgIpc) is 2.84. The maximum absolute atomic E-state index is 13.6. The first-order valence-electron chi connectivity index (χ1n) is 8.30. The van der Waals surface area contributed by atoms with Crippen LogP contribution in [-0.4, -0.2) is 50.5 Å². The van der Waals surface area contributed by atoms with E-state index in [4.69, 9.17) is 4.74 Å². The first-order valence-corrected chi connectivity index (χ1v) is 11.8. The number of rotatable bonds is 2. The third-order valence-corrected chi connectivity index (χ3v) is 10.8. The summed E-state index contributed by atoms with van der Waals surface area (Å²) in [4.78, 5) is 32.3. The minimum Gasteiger partial charge on any atom is -0.481 e. The summed E-state index contributed by atoms with van der Waals surface area (Å²) in [6.07, 6.45) is 1.90. The summed E-state index contributed by atoms with van der Waals surface area (Å²) in [6, 6.07) is 5.36. The lowest BCUT2D eigenvalue weighted by molar-refractivity contribution is -0.163. The number of ether oxygens (including phenoxy) is 1. The van der Waals surface area contributed by atoms with Gasteiger partial charge in [-0.25, -0.2) is 4.98 Å². The number of piperazine rings is 1. The Labute approximate surface area is 169 Å². The van der Waals surface area contributed by atoms with Gasteiger partial charge in [-0.1, -0.05) is 0 Å². The number of carbonyl (C=O) groups is 2. The minimum atomic E-state index is -1.09. The Bertz CT molecular complexity index is 875. The van der Waals surface area contributed by atoms with Crippen LogP contribution in [-0.2, 0) is 9.59 Å². The number of likely N-dealkylation sites (N-methyl/N-ethyl adjacent to an activating group) is 1. The van der Waals surface area contributed by atoms with Crippen LogP contribution in [0.5, 0.6) is 5.88 Å². The number of hydrogen-bond acceptors (Lipinski definition) is 8. The summed E-state index contributed by atoms with van der Waals surface area (Å²) in [5, 5.41) is 10.0. The van der Waals surface area contributed by atoms with Crippen LogP contribution in [0.25, 0.3) is 0 Å². The maximum Gasteiger partial charge on any atom is 0.261 e. The van der Waals surface area contributed by atoms with E-state index in [1.165, 1.54) is 43.4 Å². The predicted octanol–water partition coefficient (Wildman–Crippen LogP) is 2.82. The van der Waals surface area contributed by atoms with Gasteiger partial charge in [-0.15, -0.1) is 0 Å². The van der Waals surface area contributed by atoms with E-state index in [0.717, 1.165) is 5.56 Å². The summed E-state index contributed by atoms with van der Waals surface area (Å²) in [6.45, 7) is 3.59. The molecule has 2 amide bonds. The summed E-state index contributed by atoms with van der Waals surface area (Å²) in [5.41, 5.74) is -0.184. The fourth-order valence-electron chi connectivity index (χ4n) is 4.08. The zero-order valence-corrected chi connectivity index (χ0v) is 17.7. The Morgan fingerprint density at radius 1 is 1.30 bits per heavy atom. The molecule has 5 rings (SSSR count). The third kappa shape index (κ3) is 2.28. The van der Waals surface area contributed by atoms with Crippen LogP contribution in [0.2, 0.25) is 0 Å². The first kappa shape index (κ1) is 18.8. The summed E-state index contributed by atoms with van der Waals surface area (Å²) < 4.78 is 5.12. The van der Waals surface area contributed by atoms with Gasteiger partial charge in [0.25, 0.3) is 11.8 Å². The molecule has 0 aromatic carbocycles. The number of pyridine rings is 1. The second-order valence-corrected chi connectivity index (χ2v) is 11.9. The second kappa shape index (κ2) is 5.96. The normalized spacial score (nSPS) is 37.8. The van der Waals surface area contributed by atoms with E-state index in [9.17, 15) is 14.9 Å². The number of aromatic nitrogens is 1. The van der Waals surface area contributed by atoms with Crippen LogP contribution in [0.4, 0.5) is 0 Å². The standard InChI is InChI=1S/C17H18N4O3S3/c1-15(9-18)8-17-14(23)20(3)16(2,25-27-26-17)13(22)21(17)12(15)10-5-6-11(24-4)19-7-10/h5-7,12H,8H2,1-4H3/t12-,15+,16+,17-/m0/s1. The van der Waals surface area contributed by atoms with Crippen molar-refractivity contribution in [2.45, 2.75) is 36.1 Å². The highest BCUT2D eigenvalue weighted by Crippen LogP contribution is 2.69. The molecule has 0 saturated carbocycles. The molecule has 2 bridgehead atoms. The van der Waals surface area contributed by atoms with E-state index < -0.39 is 21.2 Å². The topological polar surface area (TPSA) is 86.5 Å². The number of nitriles is 1. The molecule has 4 aliphatic rings. The Hall–Kier alpha value is -1.57. The van der Waals surface area contributed by atoms with Crippen molar-refractivity contribution in [2.24, 2.45) is 5.41 Å². The third-order valence-electron chi connectivity index (χ3n) is 5.66. The van der Waals surface area contributed by atoms with Gasteiger partial charge in [0, 0.05) is 25.7 Å². The SMILES string of the molecule is COc1ccc([C@@H]2N3C(=O)[C@@]4(C)SSS[C@@]3(C[C@]2(C)C#N)C(=O)N4C)cn1. The zero-order valence-electron chi connectivity index (χ0n) is 15.3. The molecule has 0 N–H and O–H groups in total. The van der Waals surface area contributed by atoms with E-state index in [1.807, 2.05) is 13.0 Å². The van der Waals surface area contributed by atoms with Gasteiger partial charge in [-0.3, -0.25) is 9.59 Å². The molecule has 4 saturated heterocycles. The number of carbonyl (C=O) groups excluding carboxylic acids is 2. The molecule has 10 heteroatoms. The van der Waals surface area contributed by atoms with Gasteiger partial charge in [0.05, 0.1) is 24.6 Å². The zero-order chi connectivity index (χ0) is 19.6. The Morgan fingerprint density at radius 2 is 2.04 bits per heavy atom. The highest BCUT2D eigenvalue weighted by molar-refractivity contribution is 9.10. The van der Waals surface area contributed by atoms with Gasteiger partial charge < -0.3 is 14.5 Å². The van der Waals surface area contributed by atoms with Crippen molar-refractivity contribution in [1.82, 2.24) is 14.8 Å². The van der Waals surface area contributed by atoms with Crippen LogP contribution < -0.4 is 4.74 Å². The van der Waals surface area contributed by atoms with Crippen LogP contribution in [0, 0.1) is 16.7 Å². The molecule has 1 aromatic rings. The van der Waals surface area contributed by atoms with Gasteiger partial charge in [0.15, 0.2) is 9.74 Å². The van der Waals surface area contributed by atoms with Crippen molar-refractivity contribution < 1.29 is 14.3 Å². The molecule has 1 aromatic heterocycles. The van der Waals surface area contributed by atoms with Crippen LogP contribution in [0.15, 0.2) is 18.3 Å². The molecule has 4 atom stereocenters. The fraction of sp³-hybridized carbons (Fsp3) is 0.529. The Balaban J connectivity index is 1.92. The van der Waals surface area contributed by atoms with E-state index in [0.29, 0.717) is 5.88 Å². The minimum absolute atomic E-state index is 0.127. The lowest BCUT2D eigenvalue weighted by Gasteiger charge is -2.49. The number of amides is 2. The largest absolute Gasteiger partial charge is 0.481 e. The number of hydrogen-bond donors (Lipinski definition) is 0. The van der Waals surface area contributed by atoms with Gasteiger partial charge in [-0.05, 0) is 56.9 Å². The summed E-state index contributed by atoms with van der Waals surface area (Å²) >= 11 is 0. The van der Waals surface area contributed by atoms with Crippen molar-refractivity contribution in [1.29, 1.82) is 5.26 Å². The molecule has 4 aliphatic heterocycles. The summed E-state index contributed by atoms with van der Waals surface area (Å²) in [5.74, 6) is 0.182. The molecule has 5 heterocycles. The highest BCUT2D eigenvalue weighted by atomic mass is 33.5. The maximum atomic E-state index is 13.6. The molecule has 27 heavy (non-hydrogen) atoms. The van der Waals surface area contributed by atoms with E-state index in [1.54, 1.807) is 31.1 Å². The van der Waals surface area contributed by atoms with Crippen molar-refractivity contribution in [3.8, 4) is 11.9 Å². The Kier molecular flexibility index (Phi) is 4.15. The number of fused-ring (bicyclic) bond motifs is 3. The lowest BCUT2D eigenvalue weighted by Crippen LogP contribution is -2.69. The molecule has 0 unspecified atom stereocenters. The molecule has 7 nitrogen and oxygen atoms in total. The molecule has 1 spiro atoms. The molecular weight excluding hydrogens is 404 g/mol. The van der Waals surface area contributed by atoms with Gasteiger partial charge in [0.1, 0.15) is 0 Å². The van der Waals surface area contributed by atoms with E-state index >= 15 is 0 Å². The van der Waals surface area contributed by atoms with Crippen molar-refractivity contribution in [3.05, 3.63) is 23.9 Å². The van der Waals surface area contributed by atoms with Gasteiger partial charge in [-0.2, -0.15) is 5.26 Å². The van der Waals surface area contributed by atoms with Crippen molar-refractivity contribution in [3.63, 3.8) is 0 Å². The molecule has 0 radical (unpaired) electrons. The molecule has 142 valence electrons. The lowest BCUT2D eigenvalue weighted by atomic mass is 9.80. The first-order chi connectivity index (χ1) is 12.7. The summed E-state index contributed by atoms with van der Waals surface area (Å²) in [7, 11) is 7.42. The van der Waals surface area contributed by atoms with Crippen molar-refractivity contribution >= 4 is 43.2 Å². The smallest absolute Gasteiger partial charge is 0.261 e. The number of methoxy groups -OCH3 is 1. The van der Waals surface area contributed by atoms with E-state index in [2.05, 4.69) is 11.1 Å². The monoisotopic (exact) mass is 422 g/mol. The molecular formula is C17H18N4O3S3. The van der Waals surface area contributed by atoms with Crippen LogP contribution in [0.3, 0.4) is 0 Å². The molecule has 4 fully saturated rings. The van der Waals surface area contributed by atoms with Crippen LogP contribution in [0.1, 0.15) is 31.9 Å². The fourth-order valence-corrected chi connectivity index (χ4v) is 10.1. The highest BCUT2D eigenvalue weighted by Gasteiger charge is 2.73. The number of nitrogens with zero attached hydrogens (tertiary/aromatic N) is 4. The van der Waals surface area contributed by atoms with E-state index in [-0.39, 0.29) is 18.2 Å². The second-order valence-electron chi connectivity index (χ2n) is 7.28. The quantitative estimate of drug-likeness (QED) is 0.673. The molecule has 0 aliphatic carbocycles. The average molecular weight is 423 g/mol. The van der Waals surface area contributed by atoms with Crippen molar-refractivity contribution in [2.75, 3.05) is 14.2 Å². The van der Waals surface area contributed by atoms with Crippen LogP contribution >= 0.6 is 31.4 Å². The van der Waals surface area contributed by atoms with Gasteiger partial charge in [0.2, 0.25) is 5.88 Å².